The van der Waals surface area contributed by atoms with Crippen molar-refractivity contribution in [2.45, 2.75) is 32.8 Å². The Balaban J connectivity index is 2.67. The number of hydrogen-bond acceptors (Lipinski definition) is 3. The van der Waals surface area contributed by atoms with Crippen LogP contribution in [-0.2, 0) is 4.79 Å². The van der Waals surface area contributed by atoms with Crippen molar-refractivity contribution in [3.63, 3.8) is 0 Å². The van der Waals surface area contributed by atoms with E-state index in [1.54, 1.807) is 25.1 Å². The van der Waals surface area contributed by atoms with Gasteiger partial charge >= 0.3 is 5.97 Å². The Morgan fingerprint density at radius 1 is 1.44 bits per heavy atom. The van der Waals surface area contributed by atoms with Gasteiger partial charge < -0.3 is 14.9 Å². The fourth-order valence-corrected chi connectivity index (χ4v) is 1.60. The first-order chi connectivity index (χ1) is 8.54. The molecule has 0 heterocycles. The van der Waals surface area contributed by atoms with Crippen molar-refractivity contribution in [2.24, 2.45) is 5.92 Å². The minimum Gasteiger partial charge on any atom is -0.494 e. The fourth-order valence-electron chi connectivity index (χ4n) is 1.60. The van der Waals surface area contributed by atoms with Gasteiger partial charge in [0.1, 0.15) is 5.75 Å². The van der Waals surface area contributed by atoms with Crippen molar-refractivity contribution in [3.8, 4) is 5.75 Å². The Kier molecular flexibility index (Phi) is 5.65. The molecular weight excluding hydrogens is 232 g/mol. The Morgan fingerprint density at radius 3 is 2.78 bits per heavy atom. The molecule has 1 aromatic rings. The van der Waals surface area contributed by atoms with Crippen LogP contribution in [-0.4, -0.2) is 22.8 Å². The second-order valence-corrected chi connectivity index (χ2v) is 4.41. The molecule has 1 rings (SSSR count). The molecule has 0 saturated carbocycles. The molecule has 100 valence electrons. The number of carboxylic acid groups (broad SMARTS) is 1. The van der Waals surface area contributed by atoms with Crippen LogP contribution in [0.2, 0.25) is 0 Å². The maximum atomic E-state index is 10.7. The lowest BCUT2D eigenvalue weighted by Gasteiger charge is -2.15. The van der Waals surface area contributed by atoms with E-state index in [9.17, 15) is 9.90 Å². The van der Waals surface area contributed by atoms with E-state index in [4.69, 9.17) is 9.84 Å². The normalized spacial score (nSPS) is 13.9. The second kappa shape index (κ2) is 7.01. The van der Waals surface area contributed by atoms with Crippen LogP contribution in [0.5, 0.6) is 5.75 Å². The van der Waals surface area contributed by atoms with E-state index in [-0.39, 0.29) is 6.42 Å². The van der Waals surface area contributed by atoms with Gasteiger partial charge in [0, 0.05) is 0 Å². The highest BCUT2D eigenvalue weighted by molar-refractivity contribution is 5.69. The van der Waals surface area contributed by atoms with Crippen molar-refractivity contribution < 1.29 is 19.7 Å². The topological polar surface area (TPSA) is 66.8 Å². The van der Waals surface area contributed by atoms with Crippen LogP contribution in [0.1, 0.15) is 38.4 Å². The summed E-state index contributed by atoms with van der Waals surface area (Å²) in [6, 6.07) is 7.16. The van der Waals surface area contributed by atoms with Crippen molar-refractivity contribution in [1.82, 2.24) is 0 Å². The van der Waals surface area contributed by atoms with E-state index in [1.807, 2.05) is 13.0 Å². The van der Waals surface area contributed by atoms with Crippen LogP contribution in [0.15, 0.2) is 24.3 Å². The molecule has 0 bridgehead atoms. The maximum absolute atomic E-state index is 10.7. The molecule has 0 radical (unpaired) electrons. The molecule has 0 saturated heterocycles. The minimum absolute atomic E-state index is 0.201. The number of hydrogen-bond donors (Lipinski definition) is 2. The molecule has 2 unspecified atom stereocenters. The minimum atomic E-state index is -0.896. The van der Waals surface area contributed by atoms with E-state index >= 15 is 0 Å². The molecular formula is C14H20O4. The lowest BCUT2D eigenvalue weighted by Crippen LogP contribution is -2.13. The lowest BCUT2D eigenvalue weighted by molar-refractivity contribution is -0.142. The molecule has 4 nitrogen and oxygen atoms in total. The highest BCUT2D eigenvalue weighted by atomic mass is 16.5. The number of carboxylic acids is 1. The molecule has 4 heteroatoms. The quantitative estimate of drug-likeness (QED) is 0.782. The molecule has 0 aliphatic rings. The van der Waals surface area contributed by atoms with Gasteiger partial charge in [0.15, 0.2) is 0 Å². The van der Waals surface area contributed by atoms with E-state index in [0.29, 0.717) is 17.9 Å². The summed E-state index contributed by atoms with van der Waals surface area (Å²) in [7, 11) is 0. The number of ether oxygens (including phenoxy) is 1. The van der Waals surface area contributed by atoms with Gasteiger partial charge in [0.25, 0.3) is 0 Å². The SMILES string of the molecule is CCCOc1cccc(C(O)CC(C)C(=O)O)c1. The lowest BCUT2D eigenvalue weighted by atomic mass is 9.98. The average Bonchev–Trinajstić information content (AvgIpc) is 2.36. The Bertz CT molecular complexity index is 389. The molecule has 0 aliphatic carbocycles. The number of aliphatic carboxylic acids is 1. The molecule has 2 N–H and O–H groups in total. The Labute approximate surface area is 107 Å². The van der Waals surface area contributed by atoms with Crippen molar-refractivity contribution in [1.29, 1.82) is 0 Å². The number of aliphatic hydroxyl groups excluding tert-OH is 1. The number of rotatable bonds is 7. The van der Waals surface area contributed by atoms with Crippen LogP contribution in [0.3, 0.4) is 0 Å². The predicted octanol–water partition coefficient (Wildman–Crippen LogP) is 2.62. The summed E-state index contributed by atoms with van der Waals surface area (Å²) < 4.78 is 5.47. The van der Waals surface area contributed by atoms with Gasteiger partial charge in [-0.25, -0.2) is 0 Å². The summed E-state index contributed by atoms with van der Waals surface area (Å²) in [6.45, 7) is 4.24. The highest BCUT2D eigenvalue weighted by Crippen LogP contribution is 2.24. The van der Waals surface area contributed by atoms with Gasteiger partial charge in [0.05, 0.1) is 18.6 Å². The monoisotopic (exact) mass is 252 g/mol. The van der Waals surface area contributed by atoms with Crippen LogP contribution >= 0.6 is 0 Å². The predicted molar refractivity (Wildman–Crippen MR) is 68.6 cm³/mol. The fraction of sp³-hybridized carbons (Fsp3) is 0.500. The third kappa shape index (κ3) is 4.37. The van der Waals surface area contributed by atoms with Crippen molar-refractivity contribution >= 4 is 5.97 Å². The van der Waals surface area contributed by atoms with Crippen LogP contribution in [0.4, 0.5) is 0 Å². The maximum Gasteiger partial charge on any atom is 0.306 e. The standard InChI is InChI=1S/C14H20O4/c1-3-7-18-12-6-4-5-11(9-12)13(15)8-10(2)14(16)17/h4-6,9-10,13,15H,3,7-8H2,1-2H3,(H,16,17). The third-order valence-corrected chi connectivity index (χ3v) is 2.71. The zero-order valence-electron chi connectivity index (χ0n) is 10.8. The van der Waals surface area contributed by atoms with Gasteiger partial charge in [0.2, 0.25) is 0 Å². The van der Waals surface area contributed by atoms with Gasteiger partial charge in [-0.3, -0.25) is 4.79 Å². The number of aliphatic hydroxyl groups is 1. The summed E-state index contributed by atoms with van der Waals surface area (Å²) in [6.07, 6.45) is 0.344. The van der Waals surface area contributed by atoms with Gasteiger partial charge in [-0.1, -0.05) is 26.0 Å². The molecule has 18 heavy (non-hydrogen) atoms. The van der Waals surface area contributed by atoms with Gasteiger partial charge in [-0.05, 0) is 30.5 Å². The molecule has 0 spiro atoms. The summed E-state index contributed by atoms with van der Waals surface area (Å²) in [5, 5.41) is 18.8. The summed E-state index contributed by atoms with van der Waals surface area (Å²) in [5.74, 6) is -0.760. The van der Waals surface area contributed by atoms with Crippen LogP contribution < -0.4 is 4.74 Å². The zero-order valence-corrected chi connectivity index (χ0v) is 10.8. The summed E-state index contributed by atoms with van der Waals surface area (Å²) >= 11 is 0. The molecule has 1 aromatic carbocycles. The summed E-state index contributed by atoms with van der Waals surface area (Å²) in [5.41, 5.74) is 0.691. The van der Waals surface area contributed by atoms with E-state index in [0.717, 1.165) is 6.42 Å². The molecule has 0 fully saturated rings. The number of carbonyl (C=O) groups is 1. The third-order valence-electron chi connectivity index (χ3n) is 2.71. The molecule has 0 amide bonds. The zero-order chi connectivity index (χ0) is 13.5. The first-order valence-corrected chi connectivity index (χ1v) is 6.18. The average molecular weight is 252 g/mol. The molecule has 2 atom stereocenters. The molecule has 0 aliphatic heterocycles. The van der Waals surface area contributed by atoms with Gasteiger partial charge in [-0.15, -0.1) is 0 Å². The van der Waals surface area contributed by atoms with Crippen molar-refractivity contribution in [3.05, 3.63) is 29.8 Å². The van der Waals surface area contributed by atoms with Gasteiger partial charge in [-0.2, -0.15) is 0 Å². The highest BCUT2D eigenvalue weighted by Gasteiger charge is 2.17. The smallest absolute Gasteiger partial charge is 0.306 e. The first kappa shape index (κ1) is 14.5. The largest absolute Gasteiger partial charge is 0.494 e. The van der Waals surface area contributed by atoms with Crippen LogP contribution in [0.25, 0.3) is 0 Å². The van der Waals surface area contributed by atoms with Crippen molar-refractivity contribution in [2.75, 3.05) is 6.61 Å². The Morgan fingerprint density at radius 2 is 2.17 bits per heavy atom. The van der Waals surface area contributed by atoms with E-state index in [2.05, 4.69) is 0 Å². The summed E-state index contributed by atoms with van der Waals surface area (Å²) in [4.78, 5) is 10.7. The second-order valence-electron chi connectivity index (χ2n) is 4.41. The van der Waals surface area contributed by atoms with E-state index < -0.39 is 18.0 Å². The number of benzene rings is 1. The first-order valence-electron chi connectivity index (χ1n) is 6.18. The molecule has 0 aromatic heterocycles. The van der Waals surface area contributed by atoms with E-state index in [1.165, 1.54) is 0 Å². The Hall–Kier alpha value is -1.55. The van der Waals surface area contributed by atoms with Crippen LogP contribution in [0, 0.1) is 5.92 Å².